The van der Waals surface area contributed by atoms with E-state index in [0.29, 0.717) is 29.1 Å². The molecule has 1 aliphatic rings. The molecular formula is C24H25BrN6O. The number of nitrogens with two attached hydrogens (primary N) is 1. The molecule has 7 nitrogen and oxygen atoms in total. The molecule has 3 N–H and O–H groups in total. The summed E-state index contributed by atoms with van der Waals surface area (Å²) in [6.45, 7) is 3.60. The van der Waals surface area contributed by atoms with E-state index in [1.165, 1.54) is 19.3 Å². The normalized spacial score (nSPS) is 14.8. The summed E-state index contributed by atoms with van der Waals surface area (Å²) in [4.78, 5) is 25.2. The fourth-order valence-corrected chi connectivity index (χ4v) is 4.60. The van der Waals surface area contributed by atoms with Crippen molar-refractivity contribution in [1.29, 1.82) is 0 Å². The number of aromatic nitrogens is 3. The maximum atomic E-state index is 13.3. The number of benzene rings is 2. The standard InChI is InChI=1S/C24H25BrN6O/c25-16-8-10-17(11-9-16)31-22(26)20(24(32)27-12-15-30-13-4-1-5-14-30)21-23(31)29-19-7-3-2-6-18(19)28-21/h2-3,6-11H,1,4-5,12-15,26H2,(H,27,32). The van der Waals surface area contributed by atoms with Crippen LogP contribution in [0, 0.1) is 0 Å². The second kappa shape index (κ2) is 8.88. The van der Waals surface area contributed by atoms with Crippen molar-refractivity contribution in [1.82, 2.24) is 24.8 Å². The fraction of sp³-hybridized carbons (Fsp3) is 0.292. The average molecular weight is 493 g/mol. The molecule has 1 saturated heterocycles. The largest absolute Gasteiger partial charge is 0.384 e. The lowest BCUT2D eigenvalue weighted by Crippen LogP contribution is -2.37. The number of rotatable bonds is 5. The van der Waals surface area contributed by atoms with Crippen molar-refractivity contribution in [3.05, 3.63) is 58.6 Å². The molecule has 32 heavy (non-hydrogen) atoms. The Balaban J connectivity index is 1.54. The number of nitrogens with zero attached hydrogens (tertiary/aromatic N) is 4. The number of carbonyl (C=O) groups is 1. The van der Waals surface area contributed by atoms with Gasteiger partial charge in [0, 0.05) is 23.2 Å². The molecule has 2 aromatic heterocycles. The van der Waals surface area contributed by atoms with E-state index in [-0.39, 0.29) is 5.91 Å². The second-order valence-corrected chi connectivity index (χ2v) is 9.03. The molecular weight excluding hydrogens is 468 g/mol. The van der Waals surface area contributed by atoms with E-state index < -0.39 is 0 Å². The highest BCUT2D eigenvalue weighted by Crippen LogP contribution is 2.31. The lowest BCUT2D eigenvalue weighted by atomic mass is 10.1. The second-order valence-electron chi connectivity index (χ2n) is 8.11. The highest BCUT2D eigenvalue weighted by molar-refractivity contribution is 9.10. The van der Waals surface area contributed by atoms with E-state index in [4.69, 9.17) is 15.7 Å². The predicted molar refractivity (Wildman–Crippen MR) is 131 cm³/mol. The van der Waals surface area contributed by atoms with Crippen LogP contribution in [0.25, 0.3) is 27.9 Å². The van der Waals surface area contributed by atoms with Gasteiger partial charge in [0.2, 0.25) is 0 Å². The highest BCUT2D eigenvalue weighted by atomic mass is 79.9. The van der Waals surface area contributed by atoms with E-state index in [0.717, 1.165) is 40.8 Å². The number of carbonyl (C=O) groups excluding carboxylic acids is 1. The Hall–Kier alpha value is -2.97. The van der Waals surface area contributed by atoms with Crippen LogP contribution < -0.4 is 11.1 Å². The van der Waals surface area contributed by atoms with Gasteiger partial charge in [-0.05, 0) is 62.3 Å². The lowest BCUT2D eigenvalue weighted by Gasteiger charge is -2.26. The third-order valence-electron chi connectivity index (χ3n) is 5.97. The van der Waals surface area contributed by atoms with Crippen LogP contribution >= 0.6 is 15.9 Å². The van der Waals surface area contributed by atoms with Gasteiger partial charge in [0.05, 0.1) is 11.0 Å². The molecule has 0 radical (unpaired) electrons. The van der Waals surface area contributed by atoms with Gasteiger partial charge in [-0.25, -0.2) is 9.97 Å². The van der Waals surface area contributed by atoms with Gasteiger partial charge in [-0.3, -0.25) is 9.36 Å². The lowest BCUT2D eigenvalue weighted by molar-refractivity contribution is 0.0949. The number of hydrogen-bond donors (Lipinski definition) is 2. The van der Waals surface area contributed by atoms with E-state index in [2.05, 4.69) is 26.1 Å². The molecule has 4 aromatic rings. The number of nitrogens with one attached hydrogen (secondary N) is 1. The zero-order valence-electron chi connectivity index (χ0n) is 17.7. The third-order valence-corrected chi connectivity index (χ3v) is 6.50. The number of anilines is 1. The summed E-state index contributed by atoms with van der Waals surface area (Å²) in [6, 6.07) is 15.4. The zero-order chi connectivity index (χ0) is 22.1. The Kier molecular flexibility index (Phi) is 5.80. The van der Waals surface area contributed by atoms with Gasteiger partial charge >= 0.3 is 0 Å². The van der Waals surface area contributed by atoms with Crippen molar-refractivity contribution in [3.63, 3.8) is 0 Å². The SMILES string of the molecule is Nc1c(C(=O)NCCN2CCCCC2)c2nc3ccccc3nc2n1-c1ccc(Br)cc1. The molecule has 0 bridgehead atoms. The first-order chi connectivity index (χ1) is 15.6. The Labute approximate surface area is 194 Å². The minimum atomic E-state index is -0.218. The van der Waals surface area contributed by atoms with E-state index in [1.807, 2.05) is 48.5 Å². The Morgan fingerprint density at radius 2 is 1.69 bits per heavy atom. The quantitative estimate of drug-likeness (QED) is 0.437. The predicted octanol–water partition coefficient (Wildman–Crippen LogP) is 4.13. The first kappa shape index (κ1) is 20.9. The highest BCUT2D eigenvalue weighted by Gasteiger charge is 2.25. The van der Waals surface area contributed by atoms with Crippen LogP contribution in [0.2, 0.25) is 0 Å². The van der Waals surface area contributed by atoms with Crippen LogP contribution in [0.1, 0.15) is 29.6 Å². The smallest absolute Gasteiger partial charge is 0.257 e. The number of para-hydroxylation sites is 2. The summed E-state index contributed by atoms with van der Waals surface area (Å²) in [6.07, 6.45) is 3.75. The maximum absolute atomic E-state index is 13.3. The number of halogens is 1. The topological polar surface area (TPSA) is 89.1 Å². The zero-order valence-corrected chi connectivity index (χ0v) is 19.3. The molecule has 5 rings (SSSR count). The molecule has 2 aromatic carbocycles. The minimum Gasteiger partial charge on any atom is -0.384 e. The van der Waals surface area contributed by atoms with Crippen LogP contribution in [-0.4, -0.2) is 51.5 Å². The van der Waals surface area contributed by atoms with Crippen LogP contribution in [0.15, 0.2) is 53.0 Å². The van der Waals surface area contributed by atoms with Crippen LogP contribution in [-0.2, 0) is 0 Å². The van der Waals surface area contributed by atoms with Gasteiger partial charge in [0.15, 0.2) is 5.65 Å². The number of amides is 1. The third kappa shape index (κ3) is 3.96. The van der Waals surface area contributed by atoms with Gasteiger partial charge in [-0.15, -0.1) is 0 Å². The molecule has 1 fully saturated rings. The molecule has 3 heterocycles. The molecule has 1 aliphatic heterocycles. The van der Waals surface area contributed by atoms with Gasteiger partial charge in [-0.1, -0.05) is 34.5 Å². The average Bonchev–Trinajstić information content (AvgIpc) is 3.09. The first-order valence-corrected chi connectivity index (χ1v) is 11.7. The summed E-state index contributed by atoms with van der Waals surface area (Å²) in [5.74, 6) is 0.123. The van der Waals surface area contributed by atoms with Gasteiger partial charge < -0.3 is 16.0 Å². The molecule has 0 atom stereocenters. The molecule has 1 amide bonds. The van der Waals surface area contributed by atoms with Crippen molar-refractivity contribution >= 4 is 49.9 Å². The first-order valence-electron chi connectivity index (χ1n) is 10.9. The summed E-state index contributed by atoms with van der Waals surface area (Å²) >= 11 is 3.47. The number of hydrogen-bond acceptors (Lipinski definition) is 5. The van der Waals surface area contributed by atoms with Crippen molar-refractivity contribution < 1.29 is 4.79 Å². The Morgan fingerprint density at radius 3 is 2.41 bits per heavy atom. The summed E-state index contributed by atoms with van der Waals surface area (Å²) in [7, 11) is 0. The van der Waals surface area contributed by atoms with Crippen molar-refractivity contribution in [2.45, 2.75) is 19.3 Å². The van der Waals surface area contributed by atoms with Crippen molar-refractivity contribution in [2.75, 3.05) is 31.9 Å². The van der Waals surface area contributed by atoms with E-state index in [1.54, 1.807) is 4.57 Å². The molecule has 0 spiro atoms. The van der Waals surface area contributed by atoms with Crippen molar-refractivity contribution in [3.8, 4) is 5.69 Å². The summed E-state index contributed by atoms with van der Waals surface area (Å²) < 4.78 is 2.77. The van der Waals surface area contributed by atoms with Crippen LogP contribution in [0.4, 0.5) is 5.82 Å². The Morgan fingerprint density at radius 1 is 1.00 bits per heavy atom. The van der Waals surface area contributed by atoms with Crippen LogP contribution in [0.3, 0.4) is 0 Å². The van der Waals surface area contributed by atoms with Crippen molar-refractivity contribution in [2.24, 2.45) is 0 Å². The number of nitrogen functional groups attached to an aromatic ring is 1. The van der Waals surface area contributed by atoms with Gasteiger partial charge in [0.1, 0.15) is 16.9 Å². The number of likely N-dealkylation sites (tertiary alicyclic amines) is 1. The molecule has 0 saturated carbocycles. The van der Waals surface area contributed by atoms with Gasteiger partial charge in [-0.2, -0.15) is 0 Å². The Bertz CT molecular complexity index is 1280. The molecule has 0 aliphatic carbocycles. The molecule has 164 valence electrons. The van der Waals surface area contributed by atoms with E-state index >= 15 is 0 Å². The van der Waals surface area contributed by atoms with Gasteiger partial charge in [0.25, 0.3) is 5.91 Å². The summed E-state index contributed by atoms with van der Waals surface area (Å²) in [5.41, 5.74) is 10.3. The monoisotopic (exact) mass is 492 g/mol. The molecule has 8 heteroatoms. The minimum absolute atomic E-state index is 0.218. The van der Waals surface area contributed by atoms with E-state index in [9.17, 15) is 4.79 Å². The number of fused-ring (bicyclic) bond motifs is 2. The summed E-state index contributed by atoms with van der Waals surface area (Å²) in [5, 5.41) is 3.05. The number of piperidine rings is 1. The van der Waals surface area contributed by atoms with Crippen LogP contribution in [0.5, 0.6) is 0 Å². The maximum Gasteiger partial charge on any atom is 0.257 e. The molecule has 0 unspecified atom stereocenters. The fourth-order valence-electron chi connectivity index (χ4n) is 4.34.